The number of halogens is 4. The average Bonchev–Trinajstić information content (AvgIpc) is 3.74. The van der Waals surface area contributed by atoms with Crippen LogP contribution in [0.2, 0.25) is 0 Å². The first-order valence-electron chi connectivity index (χ1n) is 25.9. The molecule has 0 amide bonds. The molecule has 0 heterocycles. The molecule has 2 aliphatic rings. The molecule has 8 rings (SSSR count). The quantitative estimate of drug-likeness (QED) is 0.0729. The molecule has 2 radical (unpaired) electrons. The second kappa shape index (κ2) is 30.6. The first kappa shape index (κ1) is 60.8. The molecule has 2 aliphatic carbocycles. The van der Waals surface area contributed by atoms with Crippen LogP contribution < -0.4 is 0 Å². The molecule has 69 heavy (non-hydrogen) atoms. The van der Waals surface area contributed by atoms with Gasteiger partial charge in [-0.3, -0.25) is 0 Å². The zero-order chi connectivity index (χ0) is 50.5. The van der Waals surface area contributed by atoms with E-state index in [9.17, 15) is 0 Å². The van der Waals surface area contributed by atoms with Crippen LogP contribution in [0.4, 0.5) is 0 Å². The van der Waals surface area contributed by atoms with Gasteiger partial charge in [-0.15, -0.1) is 69.1 Å². The molecule has 0 saturated heterocycles. The molecule has 0 aromatic heterocycles. The molecule has 6 aromatic carbocycles. The Kier molecular flexibility index (Phi) is 26.9. The number of hydrogen-bond acceptors (Lipinski definition) is 0. The van der Waals surface area contributed by atoms with Crippen LogP contribution in [0.3, 0.4) is 0 Å². The van der Waals surface area contributed by atoms with Crippen molar-refractivity contribution in [1.82, 2.24) is 0 Å². The number of rotatable bonds is 10. The van der Waals surface area contributed by atoms with Crippen molar-refractivity contribution < 1.29 is 41.7 Å². The van der Waals surface area contributed by atoms with Crippen molar-refractivity contribution in [3.63, 3.8) is 0 Å². The summed E-state index contributed by atoms with van der Waals surface area (Å²) in [5, 5.41) is 5.66. The molecule has 0 N–H and O–H groups in total. The molecule has 0 bridgehead atoms. The van der Waals surface area contributed by atoms with E-state index in [2.05, 4.69) is 178 Å². The van der Waals surface area contributed by atoms with Crippen LogP contribution in [-0.4, -0.2) is 9.52 Å². The van der Waals surface area contributed by atoms with E-state index in [1.54, 1.807) is 11.1 Å². The second-order valence-electron chi connectivity index (χ2n) is 22.1. The molecular formula is C62H82Cl4SiZr2. The molecule has 0 nitrogen and oxygen atoms in total. The van der Waals surface area contributed by atoms with Gasteiger partial charge in [0.25, 0.3) is 0 Å². The van der Waals surface area contributed by atoms with Crippen molar-refractivity contribution in [2.45, 2.75) is 182 Å². The van der Waals surface area contributed by atoms with Gasteiger partial charge in [-0.2, -0.15) is 12.1 Å². The molecule has 2 saturated carbocycles. The van der Waals surface area contributed by atoms with E-state index < -0.39 is 41.7 Å². The van der Waals surface area contributed by atoms with Crippen molar-refractivity contribution in [2.24, 2.45) is 10.8 Å². The van der Waals surface area contributed by atoms with Crippen molar-refractivity contribution in [1.29, 1.82) is 0 Å². The summed E-state index contributed by atoms with van der Waals surface area (Å²) in [5.41, 5.74) is 12.8. The Balaban J connectivity index is 0.000000257. The summed E-state index contributed by atoms with van der Waals surface area (Å²) in [6.45, 7) is 25.2. The summed E-state index contributed by atoms with van der Waals surface area (Å²) in [6.07, 6.45) is 25.0. The Morgan fingerprint density at radius 1 is 0.507 bits per heavy atom. The molecule has 0 aliphatic heterocycles. The van der Waals surface area contributed by atoms with Crippen LogP contribution in [0.25, 0.3) is 43.8 Å². The van der Waals surface area contributed by atoms with Crippen molar-refractivity contribution in [3.05, 3.63) is 145 Å². The first-order chi connectivity index (χ1) is 33.0. The molecule has 2 fully saturated rings. The van der Waals surface area contributed by atoms with Gasteiger partial charge >= 0.3 is 75.7 Å². The van der Waals surface area contributed by atoms with E-state index in [1.807, 2.05) is 0 Å². The third kappa shape index (κ3) is 18.8. The maximum atomic E-state index is 4.93. The first-order valence-corrected chi connectivity index (χ1v) is 39.9. The topological polar surface area (TPSA) is 0 Å². The van der Waals surface area contributed by atoms with Gasteiger partial charge in [0.1, 0.15) is 0 Å². The SMILES string of the molecule is CCCC1(Cc2cc3c(-c4ccc(C(C)(C)C)cc4)cccc3[cH-]2)CCCCCC1.CCCC1(Cc2cc3c(-c4ccc(C(C)(C)C)cc4)cccc3[cH-]2)CCCCCC1.[CH2-][Si][CH2-].[Cl][Zr+2][Cl].[Cl][Zr+2][Cl]. The zero-order valence-electron chi connectivity index (χ0n) is 43.5. The van der Waals surface area contributed by atoms with E-state index in [0.29, 0.717) is 20.3 Å². The third-order valence-electron chi connectivity index (χ3n) is 14.8. The van der Waals surface area contributed by atoms with Crippen LogP contribution in [0.1, 0.15) is 180 Å². The Labute approximate surface area is 461 Å². The van der Waals surface area contributed by atoms with Crippen molar-refractivity contribution in [3.8, 4) is 22.3 Å². The van der Waals surface area contributed by atoms with E-state index in [0.717, 1.165) is 0 Å². The van der Waals surface area contributed by atoms with Gasteiger partial charge in [0.05, 0.1) is 0 Å². The number of fused-ring (bicyclic) bond motifs is 2. The summed E-state index contributed by atoms with van der Waals surface area (Å²) in [7, 11) is 20.3. The van der Waals surface area contributed by atoms with E-state index in [1.165, 1.54) is 171 Å². The molecule has 0 unspecified atom stereocenters. The summed E-state index contributed by atoms with van der Waals surface area (Å²) >= 11 is -1.65. The monoisotopic (exact) mass is 1170 g/mol. The van der Waals surface area contributed by atoms with Crippen LogP contribution in [-0.2, 0) is 65.4 Å². The van der Waals surface area contributed by atoms with Crippen molar-refractivity contribution in [2.75, 3.05) is 0 Å². The summed E-state index contributed by atoms with van der Waals surface area (Å²) in [6, 6.07) is 42.1. The third-order valence-corrected chi connectivity index (χ3v) is 14.8. The summed E-state index contributed by atoms with van der Waals surface area (Å²) < 4.78 is 0. The Bertz CT molecular complexity index is 2160. The van der Waals surface area contributed by atoms with Crippen LogP contribution in [0.5, 0.6) is 0 Å². The Morgan fingerprint density at radius 3 is 1.09 bits per heavy atom. The molecule has 7 heteroatoms. The Morgan fingerprint density at radius 2 is 0.812 bits per heavy atom. The minimum atomic E-state index is -0.826. The fraction of sp³-hybridized carbons (Fsp3) is 0.484. The van der Waals surface area contributed by atoms with E-state index in [4.69, 9.17) is 34.1 Å². The van der Waals surface area contributed by atoms with Gasteiger partial charge in [0.15, 0.2) is 0 Å². The zero-order valence-corrected chi connectivity index (χ0v) is 52.5. The summed E-state index contributed by atoms with van der Waals surface area (Å²) in [4.78, 5) is 0. The van der Waals surface area contributed by atoms with Crippen LogP contribution in [0.15, 0.2) is 109 Å². The maximum absolute atomic E-state index is 4.93. The predicted molar refractivity (Wildman–Crippen MR) is 305 cm³/mol. The molecule has 370 valence electrons. The molecular weight excluding hydrogens is 1100 g/mol. The normalized spacial score (nSPS) is 15.5. The van der Waals surface area contributed by atoms with Gasteiger partial charge in [-0.1, -0.05) is 191 Å². The van der Waals surface area contributed by atoms with E-state index >= 15 is 0 Å². The Hall–Kier alpha value is -0.757. The van der Waals surface area contributed by atoms with Crippen LogP contribution in [0, 0.1) is 23.9 Å². The molecule has 6 aromatic rings. The molecule has 0 spiro atoms. The standard InChI is InChI=1S/2C30H39.C2H4Si.4ClH.2Zr/c2*1-5-17-30(18-8-6-7-9-19-30)22-23-20-25-11-10-12-27(28(25)21-23)24-13-15-26(16-14-24)29(2,3)4;1-3-2;;;;;;/h2*10-16,20-21H,5-9,17-19,22H2,1-4H3;1-2H2;4*1H;;/q2*-1;-2;;;;;2*+4/p-4. The van der Waals surface area contributed by atoms with Crippen molar-refractivity contribution >= 4 is 65.1 Å². The second-order valence-corrected chi connectivity index (χ2v) is 30.0. The van der Waals surface area contributed by atoms with Gasteiger partial charge in [0, 0.05) is 0 Å². The predicted octanol–water partition coefficient (Wildman–Crippen LogP) is 21.4. The van der Waals surface area contributed by atoms with Gasteiger partial charge in [-0.05, 0) is 95.3 Å². The van der Waals surface area contributed by atoms with Gasteiger partial charge < -0.3 is 22.6 Å². The van der Waals surface area contributed by atoms with Gasteiger partial charge in [0.2, 0.25) is 0 Å². The molecule has 0 atom stereocenters. The summed E-state index contributed by atoms with van der Waals surface area (Å²) in [5.74, 6) is 0. The van der Waals surface area contributed by atoms with Crippen LogP contribution >= 0.6 is 34.1 Å². The average molecular weight is 1180 g/mol. The fourth-order valence-corrected chi connectivity index (χ4v) is 11.5. The van der Waals surface area contributed by atoms with E-state index in [-0.39, 0.29) is 10.8 Å². The minimum absolute atomic E-state index is 0.199. The number of hydrogen-bond donors (Lipinski definition) is 0. The fourth-order valence-electron chi connectivity index (χ4n) is 11.5. The van der Waals surface area contributed by atoms with Gasteiger partial charge in [-0.25, -0.2) is 0 Å². The number of benzene rings is 4.